The molecule has 1 atom stereocenters. The van der Waals surface area contributed by atoms with Gasteiger partial charge in [0.15, 0.2) is 0 Å². The van der Waals surface area contributed by atoms with Gasteiger partial charge in [-0.15, -0.1) is 0 Å². The highest BCUT2D eigenvalue weighted by molar-refractivity contribution is 5.99. The van der Waals surface area contributed by atoms with Crippen molar-refractivity contribution in [1.29, 1.82) is 0 Å². The molecular weight excluding hydrogens is 414 g/mol. The van der Waals surface area contributed by atoms with Gasteiger partial charge in [-0.1, -0.05) is 51.0 Å². The van der Waals surface area contributed by atoms with E-state index in [0.717, 1.165) is 36.8 Å². The van der Waals surface area contributed by atoms with Crippen LogP contribution in [0.25, 0.3) is 0 Å². The van der Waals surface area contributed by atoms with Gasteiger partial charge in [-0.05, 0) is 54.2 Å². The molecule has 0 radical (unpaired) electrons. The number of hydrogen-bond donors (Lipinski definition) is 2. The standard InChI is InChI=1S/C27H33N3O3/c1-18(2)15-25(31)30-17-21-8-4-3-7-20(21)16-24(30)27(33)29-23-13-11-19(12-14-23)26(32)28-22-9-5-6-10-22/h3-4,7-8,11-14,18,22,24H,5-6,9-10,15-17H2,1-2H3,(H,28,32)(H,29,33). The van der Waals surface area contributed by atoms with E-state index < -0.39 is 6.04 Å². The van der Waals surface area contributed by atoms with Crippen molar-refractivity contribution in [3.8, 4) is 0 Å². The third-order valence-electron chi connectivity index (χ3n) is 6.56. The summed E-state index contributed by atoms with van der Waals surface area (Å²) in [7, 11) is 0. The molecule has 1 saturated carbocycles. The summed E-state index contributed by atoms with van der Waals surface area (Å²) >= 11 is 0. The number of anilines is 1. The van der Waals surface area contributed by atoms with Crippen LogP contribution in [0.5, 0.6) is 0 Å². The van der Waals surface area contributed by atoms with E-state index in [1.165, 1.54) is 0 Å². The van der Waals surface area contributed by atoms with Crippen molar-refractivity contribution < 1.29 is 14.4 Å². The first-order chi connectivity index (χ1) is 15.9. The Morgan fingerprint density at radius 3 is 2.30 bits per heavy atom. The maximum atomic E-state index is 13.2. The van der Waals surface area contributed by atoms with E-state index in [1.54, 1.807) is 29.2 Å². The monoisotopic (exact) mass is 447 g/mol. The largest absolute Gasteiger partial charge is 0.349 e. The van der Waals surface area contributed by atoms with Gasteiger partial charge in [-0.25, -0.2) is 0 Å². The summed E-state index contributed by atoms with van der Waals surface area (Å²) in [6, 6.07) is 14.7. The Kier molecular flexibility index (Phi) is 7.11. The van der Waals surface area contributed by atoms with Gasteiger partial charge in [0.1, 0.15) is 6.04 Å². The Morgan fingerprint density at radius 2 is 1.64 bits per heavy atom. The molecule has 0 saturated heterocycles. The van der Waals surface area contributed by atoms with Crippen LogP contribution in [-0.4, -0.2) is 34.7 Å². The van der Waals surface area contributed by atoms with Crippen molar-refractivity contribution >= 4 is 23.4 Å². The average Bonchev–Trinajstić information content (AvgIpc) is 3.31. The number of hydrogen-bond acceptors (Lipinski definition) is 3. The molecule has 1 unspecified atom stereocenters. The fourth-order valence-corrected chi connectivity index (χ4v) is 4.76. The molecule has 1 fully saturated rings. The van der Waals surface area contributed by atoms with Crippen molar-refractivity contribution in [3.63, 3.8) is 0 Å². The molecule has 1 heterocycles. The molecule has 33 heavy (non-hydrogen) atoms. The lowest BCUT2D eigenvalue weighted by molar-refractivity contribution is -0.140. The van der Waals surface area contributed by atoms with Crippen molar-refractivity contribution in [3.05, 3.63) is 65.2 Å². The molecule has 1 aliphatic carbocycles. The molecule has 3 amide bonds. The van der Waals surface area contributed by atoms with Crippen LogP contribution < -0.4 is 10.6 Å². The summed E-state index contributed by atoms with van der Waals surface area (Å²) in [4.78, 5) is 40.4. The van der Waals surface area contributed by atoms with Crippen molar-refractivity contribution in [2.75, 3.05) is 5.32 Å². The highest BCUT2D eigenvalue weighted by Crippen LogP contribution is 2.26. The van der Waals surface area contributed by atoms with Gasteiger partial charge in [0.05, 0.1) is 0 Å². The lowest BCUT2D eigenvalue weighted by Crippen LogP contribution is -2.50. The van der Waals surface area contributed by atoms with Crippen LogP contribution in [0, 0.1) is 5.92 Å². The number of nitrogens with one attached hydrogen (secondary N) is 2. The van der Waals surface area contributed by atoms with Gasteiger partial charge in [0.25, 0.3) is 5.91 Å². The normalized spacial score (nSPS) is 18.2. The van der Waals surface area contributed by atoms with Crippen molar-refractivity contribution in [1.82, 2.24) is 10.2 Å². The minimum absolute atomic E-state index is 0.00131. The SMILES string of the molecule is CC(C)CC(=O)N1Cc2ccccc2CC1C(=O)Nc1ccc(C(=O)NC2CCCC2)cc1. The maximum absolute atomic E-state index is 13.2. The predicted octanol–water partition coefficient (Wildman–Crippen LogP) is 4.30. The molecule has 1 aliphatic heterocycles. The summed E-state index contributed by atoms with van der Waals surface area (Å²) in [5.74, 6) is -0.0567. The van der Waals surface area contributed by atoms with E-state index >= 15 is 0 Å². The molecule has 2 aromatic rings. The van der Waals surface area contributed by atoms with Crippen molar-refractivity contribution in [2.45, 2.75) is 71.0 Å². The third-order valence-corrected chi connectivity index (χ3v) is 6.56. The van der Waals surface area contributed by atoms with Crippen LogP contribution in [0.2, 0.25) is 0 Å². The lowest BCUT2D eigenvalue weighted by Gasteiger charge is -2.36. The van der Waals surface area contributed by atoms with E-state index in [1.807, 2.05) is 38.1 Å². The topological polar surface area (TPSA) is 78.5 Å². The number of carbonyl (C=O) groups is 3. The number of carbonyl (C=O) groups excluding carboxylic acids is 3. The summed E-state index contributed by atoms with van der Waals surface area (Å²) in [6.07, 6.45) is 5.31. The summed E-state index contributed by atoms with van der Waals surface area (Å²) in [6.45, 7) is 4.46. The lowest BCUT2D eigenvalue weighted by atomic mass is 9.92. The Labute approximate surface area is 195 Å². The maximum Gasteiger partial charge on any atom is 0.251 e. The second kappa shape index (κ2) is 10.2. The molecule has 0 spiro atoms. The highest BCUT2D eigenvalue weighted by atomic mass is 16.2. The first-order valence-corrected chi connectivity index (χ1v) is 12.0. The number of nitrogens with zero attached hydrogens (tertiary/aromatic N) is 1. The molecule has 0 bridgehead atoms. The summed E-state index contributed by atoms with van der Waals surface area (Å²) in [5.41, 5.74) is 3.40. The van der Waals surface area contributed by atoms with Crippen LogP contribution in [0.15, 0.2) is 48.5 Å². The molecule has 6 heteroatoms. The number of rotatable bonds is 6. The summed E-state index contributed by atoms with van der Waals surface area (Å²) < 4.78 is 0. The molecule has 4 rings (SSSR count). The second-order valence-electron chi connectivity index (χ2n) is 9.63. The fourth-order valence-electron chi connectivity index (χ4n) is 4.76. The molecule has 2 aliphatic rings. The van der Waals surface area contributed by atoms with Gasteiger partial charge in [-0.3, -0.25) is 14.4 Å². The van der Waals surface area contributed by atoms with E-state index in [9.17, 15) is 14.4 Å². The number of amides is 3. The van der Waals surface area contributed by atoms with Gasteiger partial charge in [0.2, 0.25) is 11.8 Å². The number of benzene rings is 2. The van der Waals surface area contributed by atoms with Crippen LogP contribution in [0.4, 0.5) is 5.69 Å². The Balaban J connectivity index is 1.45. The second-order valence-corrected chi connectivity index (χ2v) is 9.63. The number of fused-ring (bicyclic) bond motifs is 1. The van der Waals surface area contributed by atoms with Gasteiger partial charge in [0, 0.05) is 36.7 Å². The zero-order valence-electron chi connectivity index (χ0n) is 19.5. The van der Waals surface area contributed by atoms with Crippen molar-refractivity contribution in [2.24, 2.45) is 5.92 Å². The zero-order valence-corrected chi connectivity index (χ0v) is 19.5. The van der Waals surface area contributed by atoms with Crippen LogP contribution in [-0.2, 0) is 22.6 Å². The molecule has 174 valence electrons. The molecule has 2 aromatic carbocycles. The minimum Gasteiger partial charge on any atom is -0.349 e. The van der Waals surface area contributed by atoms with Gasteiger partial charge < -0.3 is 15.5 Å². The van der Waals surface area contributed by atoms with E-state index in [4.69, 9.17) is 0 Å². The molecule has 6 nitrogen and oxygen atoms in total. The molecule has 0 aromatic heterocycles. The van der Waals surface area contributed by atoms with E-state index in [-0.39, 0.29) is 29.7 Å². The van der Waals surface area contributed by atoms with Crippen LogP contribution in [0.1, 0.15) is 67.4 Å². The first kappa shape index (κ1) is 23.0. The van der Waals surface area contributed by atoms with E-state index in [2.05, 4.69) is 10.6 Å². The Bertz CT molecular complexity index is 1010. The average molecular weight is 448 g/mol. The first-order valence-electron chi connectivity index (χ1n) is 12.0. The third kappa shape index (κ3) is 5.62. The molecule has 2 N–H and O–H groups in total. The Morgan fingerprint density at radius 1 is 0.970 bits per heavy atom. The predicted molar refractivity (Wildman–Crippen MR) is 129 cm³/mol. The quantitative estimate of drug-likeness (QED) is 0.693. The van der Waals surface area contributed by atoms with Crippen LogP contribution in [0.3, 0.4) is 0 Å². The van der Waals surface area contributed by atoms with Gasteiger partial charge in [-0.2, -0.15) is 0 Å². The highest BCUT2D eigenvalue weighted by Gasteiger charge is 2.34. The van der Waals surface area contributed by atoms with Crippen LogP contribution >= 0.6 is 0 Å². The van der Waals surface area contributed by atoms with E-state index in [0.29, 0.717) is 30.6 Å². The zero-order chi connectivity index (χ0) is 23.4. The smallest absolute Gasteiger partial charge is 0.251 e. The fraction of sp³-hybridized carbons (Fsp3) is 0.444. The summed E-state index contributed by atoms with van der Waals surface area (Å²) in [5, 5.41) is 6.04. The Hall–Kier alpha value is -3.15. The van der Waals surface area contributed by atoms with Gasteiger partial charge >= 0.3 is 0 Å². The molecular formula is C27H33N3O3. The minimum atomic E-state index is -0.559.